The van der Waals surface area contributed by atoms with E-state index in [9.17, 15) is 13.2 Å². The zero-order chi connectivity index (χ0) is 16.5. The number of hydrogen-bond acceptors (Lipinski definition) is 4. The lowest BCUT2D eigenvalue weighted by molar-refractivity contribution is 0.230. The van der Waals surface area contributed by atoms with Crippen LogP contribution >= 0.6 is 11.3 Å². The van der Waals surface area contributed by atoms with Gasteiger partial charge in [-0.1, -0.05) is 13.8 Å². The molecular formula is C15H24N2O3S2. The molecule has 1 aliphatic rings. The van der Waals surface area contributed by atoms with Gasteiger partial charge in [-0.25, -0.2) is 13.2 Å². The standard InChI is InChI=1S/C15H24N2O3S2/c1-9(2)14(13-7-10(3)21-11(13)4)17-15(18)16-12-5-6-22(19,20)8-12/h7,9,12,14H,5-6,8H2,1-4H3,(H2,16,17,18). The molecule has 7 heteroatoms. The molecule has 2 atom stereocenters. The van der Waals surface area contributed by atoms with E-state index in [0.717, 1.165) is 5.56 Å². The molecular weight excluding hydrogens is 320 g/mol. The minimum absolute atomic E-state index is 0.0450. The number of carbonyl (C=O) groups is 1. The number of sulfone groups is 1. The highest BCUT2D eigenvalue weighted by atomic mass is 32.2. The molecule has 0 bridgehead atoms. The number of rotatable bonds is 4. The Kier molecular flexibility index (Phi) is 5.17. The monoisotopic (exact) mass is 344 g/mol. The Morgan fingerprint density at radius 2 is 2.05 bits per heavy atom. The van der Waals surface area contributed by atoms with Crippen LogP contribution in [0.1, 0.15) is 41.6 Å². The average Bonchev–Trinajstić information content (AvgIpc) is 2.88. The van der Waals surface area contributed by atoms with Crippen LogP contribution in [0.2, 0.25) is 0 Å². The van der Waals surface area contributed by atoms with Crippen molar-refractivity contribution in [1.29, 1.82) is 0 Å². The van der Waals surface area contributed by atoms with E-state index < -0.39 is 9.84 Å². The molecule has 22 heavy (non-hydrogen) atoms. The second-order valence-electron chi connectivity index (χ2n) is 6.31. The number of nitrogens with one attached hydrogen (secondary N) is 2. The van der Waals surface area contributed by atoms with E-state index in [1.807, 2.05) is 0 Å². The van der Waals surface area contributed by atoms with Gasteiger partial charge in [-0.3, -0.25) is 0 Å². The first-order valence-electron chi connectivity index (χ1n) is 7.52. The van der Waals surface area contributed by atoms with E-state index >= 15 is 0 Å². The van der Waals surface area contributed by atoms with E-state index in [1.54, 1.807) is 11.3 Å². The number of carbonyl (C=O) groups excluding carboxylic acids is 1. The topological polar surface area (TPSA) is 75.3 Å². The predicted molar refractivity (Wildman–Crippen MR) is 90.1 cm³/mol. The zero-order valence-corrected chi connectivity index (χ0v) is 15.1. The lowest BCUT2D eigenvalue weighted by Gasteiger charge is -2.24. The van der Waals surface area contributed by atoms with Crippen molar-refractivity contribution in [2.75, 3.05) is 11.5 Å². The first kappa shape index (κ1) is 17.3. The maximum Gasteiger partial charge on any atom is 0.315 e. The SMILES string of the molecule is Cc1cc(C(NC(=O)NC2CCS(=O)(=O)C2)C(C)C)c(C)s1. The molecule has 0 spiro atoms. The molecule has 1 saturated heterocycles. The first-order chi connectivity index (χ1) is 10.2. The number of urea groups is 1. The van der Waals surface area contributed by atoms with Gasteiger partial charge in [-0.15, -0.1) is 11.3 Å². The maximum absolute atomic E-state index is 12.2. The fourth-order valence-electron chi connectivity index (χ4n) is 2.84. The van der Waals surface area contributed by atoms with Crippen molar-refractivity contribution in [3.8, 4) is 0 Å². The van der Waals surface area contributed by atoms with Gasteiger partial charge in [0.05, 0.1) is 17.5 Å². The van der Waals surface area contributed by atoms with Gasteiger partial charge in [0.2, 0.25) is 0 Å². The number of hydrogen-bond donors (Lipinski definition) is 2. The van der Waals surface area contributed by atoms with Crippen LogP contribution in [0.25, 0.3) is 0 Å². The summed E-state index contributed by atoms with van der Waals surface area (Å²) in [5.41, 5.74) is 1.15. The lowest BCUT2D eigenvalue weighted by atomic mass is 9.96. The van der Waals surface area contributed by atoms with Crippen LogP contribution in [-0.2, 0) is 9.84 Å². The summed E-state index contributed by atoms with van der Waals surface area (Å²) in [6, 6.07) is 1.49. The number of amides is 2. The smallest absolute Gasteiger partial charge is 0.315 e. The lowest BCUT2D eigenvalue weighted by Crippen LogP contribution is -2.45. The molecule has 0 aromatic carbocycles. The normalized spacial score (nSPS) is 21.8. The Balaban J connectivity index is 2.02. The molecule has 2 heterocycles. The first-order valence-corrected chi connectivity index (χ1v) is 10.2. The molecule has 0 radical (unpaired) electrons. The van der Waals surface area contributed by atoms with Crippen molar-refractivity contribution < 1.29 is 13.2 Å². The molecule has 1 aliphatic heterocycles. The van der Waals surface area contributed by atoms with E-state index in [4.69, 9.17) is 0 Å². The van der Waals surface area contributed by atoms with Gasteiger partial charge >= 0.3 is 6.03 Å². The molecule has 1 fully saturated rings. The summed E-state index contributed by atoms with van der Waals surface area (Å²) in [6.45, 7) is 8.25. The third-order valence-electron chi connectivity index (χ3n) is 3.94. The van der Waals surface area contributed by atoms with Crippen LogP contribution in [0.3, 0.4) is 0 Å². The minimum Gasteiger partial charge on any atom is -0.334 e. The summed E-state index contributed by atoms with van der Waals surface area (Å²) in [5.74, 6) is 0.461. The van der Waals surface area contributed by atoms with Crippen LogP contribution in [0.5, 0.6) is 0 Å². The number of thiophene rings is 1. The molecule has 124 valence electrons. The molecule has 2 amide bonds. The molecule has 1 aromatic rings. The van der Waals surface area contributed by atoms with Crippen molar-refractivity contribution in [3.05, 3.63) is 21.4 Å². The Bertz CT molecular complexity index is 650. The highest BCUT2D eigenvalue weighted by molar-refractivity contribution is 7.91. The van der Waals surface area contributed by atoms with Crippen molar-refractivity contribution in [3.63, 3.8) is 0 Å². The maximum atomic E-state index is 12.2. The molecule has 2 rings (SSSR count). The molecule has 1 aromatic heterocycles. The summed E-state index contributed by atoms with van der Waals surface area (Å²) >= 11 is 1.72. The Hall–Kier alpha value is -1.08. The van der Waals surface area contributed by atoms with Gasteiger partial charge in [-0.2, -0.15) is 0 Å². The van der Waals surface area contributed by atoms with Gasteiger partial charge in [0, 0.05) is 15.8 Å². The largest absolute Gasteiger partial charge is 0.334 e. The van der Waals surface area contributed by atoms with Crippen molar-refractivity contribution in [1.82, 2.24) is 10.6 Å². The fraction of sp³-hybridized carbons (Fsp3) is 0.667. The minimum atomic E-state index is -2.98. The summed E-state index contributed by atoms with van der Waals surface area (Å²) in [4.78, 5) is 14.6. The van der Waals surface area contributed by atoms with Gasteiger partial charge in [0.1, 0.15) is 0 Å². The van der Waals surface area contributed by atoms with Gasteiger partial charge in [0.25, 0.3) is 0 Å². The van der Waals surface area contributed by atoms with Crippen LogP contribution < -0.4 is 10.6 Å². The van der Waals surface area contributed by atoms with Crippen LogP contribution in [0, 0.1) is 19.8 Å². The van der Waals surface area contributed by atoms with Crippen LogP contribution in [0.4, 0.5) is 4.79 Å². The van der Waals surface area contributed by atoms with Gasteiger partial charge < -0.3 is 10.6 Å². The highest BCUT2D eigenvalue weighted by Crippen LogP contribution is 2.30. The molecule has 2 unspecified atom stereocenters. The van der Waals surface area contributed by atoms with Gasteiger partial charge in [0.15, 0.2) is 9.84 Å². The third kappa shape index (κ3) is 4.23. The average molecular weight is 345 g/mol. The zero-order valence-electron chi connectivity index (χ0n) is 13.5. The summed E-state index contributed by atoms with van der Waals surface area (Å²) in [5, 5.41) is 5.79. The second-order valence-corrected chi connectivity index (χ2v) is 10.00. The number of aryl methyl sites for hydroxylation is 2. The van der Waals surface area contributed by atoms with Crippen LogP contribution in [-0.4, -0.2) is 32.0 Å². The summed E-state index contributed by atoms with van der Waals surface area (Å²) < 4.78 is 22.9. The van der Waals surface area contributed by atoms with Gasteiger partial charge in [-0.05, 0) is 37.8 Å². The van der Waals surface area contributed by atoms with E-state index in [2.05, 4.69) is 44.4 Å². The Labute approximate surface area is 136 Å². The molecule has 2 N–H and O–H groups in total. The third-order valence-corrected chi connectivity index (χ3v) is 6.69. The molecule has 0 saturated carbocycles. The summed E-state index contributed by atoms with van der Waals surface area (Å²) in [6.07, 6.45) is 0.499. The van der Waals surface area contributed by atoms with E-state index in [1.165, 1.54) is 9.75 Å². The Morgan fingerprint density at radius 1 is 1.36 bits per heavy atom. The second kappa shape index (κ2) is 6.58. The van der Waals surface area contributed by atoms with E-state index in [0.29, 0.717) is 6.42 Å². The van der Waals surface area contributed by atoms with E-state index in [-0.39, 0.29) is 35.5 Å². The van der Waals surface area contributed by atoms with Crippen molar-refractivity contribution >= 4 is 27.2 Å². The fourth-order valence-corrected chi connectivity index (χ4v) is 5.49. The Morgan fingerprint density at radius 3 is 2.50 bits per heavy atom. The van der Waals surface area contributed by atoms with Crippen LogP contribution in [0.15, 0.2) is 6.07 Å². The molecule has 0 aliphatic carbocycles. The predicted octanol–water partition coefficient (Wildman–Crippen LogP) is 2.55. The van der Waals surface area contributed by atoms with Crippen molar-refractivity contribution in [2.45, 2.75) is 46.2 Å². The molecule has 5 nitrogen and oxygen atoms in total. The highest BCUT2D eigenvalue weighted by Gasteiger charge is 2.30. The van der Waals surface area contributed by atoms with Crippen molar-refractivity contribution in [2.24, 2.45) is 5.92 Å². The summed E-state index contributed by atoms with van der Waals surface area (Å²) in [7, 11) is -2.98. The quantitative estimate of drug-likeness (QED) is 0.881.